The third-order valence-electron chi connectivity index (χ3n) is 5.44. The molecule has 0 atom stereocenters. The number of carbonyl (C=O) groups is 3. The molecule has 1 aliphatic rings. The van der Waals surface area contributed by atoms with Gasteiger partial charge in [-0.2, -0.15) is 0 Å². The molecule has 1 aromatic carbocycles. The number of ether oxygens (including phenoxy) is 2. The summed E-state index contributed by atoms with van der Waals surface area (Å²) in [4.78, 5) is 39.0. The lowest BCUT2D eigenvalue weighted by Crippen LogP contribution is -2.16. The van der Waals surface area contributed by atoms with Crippen LogP contribution in [0.5, 0.6) is 5.75 Å². The minimum absolute atomic E-state index is 0.0866. The van der Waals surface area contributed by atoms with Crippen LogP contribution in [-0.2, 0) is 22.4 Å². The van der Waals surface area contributed by atoms with E-state index >= 15 is 0 Å². The third-order valence-corrected chi connectivity index (χ3v) is 8.62. The van der Waals surface area contributed by atoms with E-state index in [1.807, 2.05) is 0 Å². The second kappa shape index (κ2) is 12.3. The van der Waals surface area contributed by atoms with Gasteiger partial charge in [0.05, 0.1) is 25.0 Å². The van der Waals surface area contributed by atoms with Crippen LogP contribution in [0.15, 0.2) is 28.6 Å². The number of rotatable bonds is 9. The molecule has 0 unspecified atom stereocenters. The van der Waals surface area contributed by atoms with Crippen molar-refractivity contribution in [1.29, 1.82) is 0 Å². The SMILES string of the molecule is CCOC(=O)c1c(NC(=O)CSc2nnc(NC(=O)c3cccc(OC)c3)s2)sc2c1CCCCC2. The number of thiophene rings is 1. The number of hydrogen-bond acceptors (Lipinski definition) is 10. The number of thioether (sulfide) groups is 1. The van der Waals surface area contributed by atoms with Gasteiger partial charge in [-0.1, -0.05) is 35.6 Å². The summed E-state index contributed by atoms with van der Waals surface area (Å²) in [5.41, 5.74) is 1.94. The standard InChI is InChI=1S/C24H26N4O5S3/c1-3-33-22(31)19-16-10-5-4-6-11-17(16)35-21(19)25-18(29)13-34-24-28-27-23(36-24)26-20(30)14-8-7-9-15(12-14)32-2/h7-9,12H,3-6,10-11,13H2,1-2H3,(H,25,29)(H,26,27,30). The molecule has 9 nitrogen and oxygen atoms in total. The summed E-state index contributed by atoms with van der Waals surface area (Å²) in [6.45, 7) is 2.05. The van der Waals surface area contributed by atoms with Crippen LogP contribution >= 0.6 is 34.4 Å². The van der Waals surface area contributed by atoms with E-state index in [1.165, 1.54) is 41.5 Å². The fraction of sp³-hybridized carbons (Fsp3) is 0.375. The maximum Gasteiger partial charge on any atom is 0.341 e. The van der Waals surface area contributed by atoms with E-state index < -0.39 is 0 Å². The number of fused-ring (bicyclic) bond motifs is 1. The van der Waals surface area contributed by atoms with Gasteiger partial charge in [0.15, 0.2) is 4.34 Å². The van der Waals surface area contributed by atoms with Crippen LogP contribution in [0.25, 0.3) is 0 Å². The number of amides is 2. The normalized spacial score (nSPS) is 12.8. The highest BCUT2D eigenvalue weighted by Crippen LogP contribution is 2.38. The molecule has 1 aliphatic carbocycles. The molecule has 2 N–H and O–H groups in total. The highest BCUT2D eigenvalue weighted by Gasteiger charge is 2.26. The second-order valence-corrected chi connectivity index (χ2v) is 11.2. The Labute approximate surface area is 221 Å². The number of hydrogen-bond donors (Lipinski definition) is 2. The molecule has 190 valence electrons. The Hall–Kier alpha value is -2.96. The maximum absolute atomic E-state index is 12.7. The van der Waals surface area contributed by atoms with E-state index in [0.29, 0.717) is 31.3 Å². The molecule has 0 saturated heterocycles. The predicted molar refractivity (Wildman–Crippen MR) is 142 cm³/mol. The highest BCUT2D eigenvalue weighted by atomic mass is 32.2. The maximum atomic E-state index is 12.7. The lowest BCUT2D eigenvalue weighted by molar-refractivity contribution is -0.113. The van der Waals surface area contributed by atoms with E-state index in [1.54, 1.807) is 31.2 Å². The molecule has 2 aromatic heterocycles. The molecule has 0 spiro atoms. The van der Waals surface area contributed by atoms with Crippen LogP contribution in [0.2, 0.25) is 0 Å². The lowest BCUT2D eigenvalue weighted by Gasteiger charge is -2.08. The van der Waals surface area contributed by atoms with Gasteiger partial charge < -0.3 is 14.8 Å². The number of nitrogens with one attached hydrogen (secondary N) is 2. The number of anilines is 2. The third kappa shape index (κ3) is 6.42. The summed E-state index contributed by atoms with van der Waals surface area (Å²) >= 11 is 3.86. The highest BCUT2D eigenvalue weighted by molar-refractivity contribution is 8.01. The zero-order valence-electron chi connectivity index (χ0n) is 19.9. The van der Waals surface area contributed by atoms with Gasteiger partial charge in [0.2, 0.25) is 11.0 Å². The summed E-state index contributed by atoms with van der Waals surface area (Å²) in [5.74, 6) is -0.304. The van der Waals surface area contributed by atoms with Crippen molar-refractivity contribution in [3.8, 4) is 5.75 Å². The number of carbonyl (C=O) groups excluding carboxylic acids is 3. The van der Waals surface area contributed by atoms with Gasteiger partial charge >= 0.3 is 5.97 Å². The van der Waals surface area contributed by atoms with Gasteiger partial charge in [0.1, 0.15) is 10.8 Å². The topological polar surface area (TPSA) is 120 Å². The van der Waals surface area contributed by atoms with Crippen molar-refractivity contribution in [2.75, 3.05) is 30.1 Å². The largest absolute Gasteiger partial charge is 0.497 e. The van der Waals surface area contributed by atoms with E-state index in [0.717, 1.165) is 42.5 Å². The zero-order valence-corrected chi connectivity index (χ0v) is 22.4. The Morgan fingerprint density at radius 3 is 2.72 bits per heavy atom. The number of aromatic nitrogens is 2. The molecule has 36 heavy (non-hydrogen) atoms. The molecule has 12 heteroatoms. The van der Waals surface area contributed by atoms with E-state index in [4.69, 9.17) is 9.47 Å². The molecule has 0 fully saturated rings. The molecule has 0 bridgehead atoms. The number of aryl methyl sites for hydroxylation is 1. The number of nitrogens with zero attached hydrogens (tertiary/aromatic N) is 2. The van der Waals surface area contributed by atoms with Gasteiger partial charge in [-0.25, -0.2) is 4.79 Å². The minimum atomic E-state index is -0.389. The minimum Gasteiger partial charge on any atom is -0.497 e. The van der Waals surface area contributed by atoms with Crippen LogP contribution in [0.4, 0.5) is 10.1 Å². The summed E-state index contributed by atoms with van der Waals surface area (Å²) < 4.78 is 11.0. The quantitative estimate of drug-likeness (QED) is 0.166. The van der Waals surface area contributed by atoms with E-state index in [2.05, 4.69) is 20.8 Å². The molecular weight excluding hydrogens is 520 g/mol. The first kappa shape index (κ1) is 26.1. The van der Waals surface area contributed by atoms with Crippen molar-refractivity contribution in [2.24, 2.45) is 0 Å². The van der Waals surface area contributed by atoms with E-state index in [9.17, 15) is 14.4 Å². The van der Waals surface area contributed by atoms with Gasteiger partial charge in [-0.05, 0) is 56.4 Å². The monoisotopic (exact) mass is 546 g/mol. The fourth-order valence-electron chi connectivity index (χ4n) is 3.79. The van der Waals surface area contributed by atoms with Crippen molar-refractivity contribution >= 4 is 62.4 Å². The Balaban J connectivity index is 1.37. The van der Waals surface area contributed by atoms with Crippen LogP contribution in [0.3, 0.4) is 0 Å². The zero-order chi connectivity index (χ0) is 25.5. The molecule has 0 radical (unpaired) electrons. The van der Waals surface area contributed by atoms with E-state index in [-0.39, 0.29) is 30.1 Å². The number of esters is 1. The summed E-state index contributed by atoms with van der Waals surface area (Å²) in [6.07, 6.45) is 4.96. The number of benzene rings is 1. The van der Waals surface area contributed by atoms with Crippen molar-refractivity contribution in [2.45, 2.75) is 43.4 Å². The first-order valence-corrected chi connectivity index (χ1v) is 14.1. The van der Waals surface area contributed by atoms with Crippen LogP contribution in [-0.4, -0.2) is 47.5 Å². The van der Waals surface area contributed by atoms with Gasteiger partial charge in [-0.3, -0.25) is 14.9 Å². The van der Waals surface area contributed by atoms with Gasteiger partial charge in [-0.15, -0.1) is 21.5 Å². The Morgan fingerprint density at radius 1 is 1.08 bits per heavy atom. The Kier molecular flexibility index (Phi) is 8.94. The molecule has 3 aromatic rings. The molecule has 0 aliphatic heterocycles. The number of methoxy groups -OCH3 is 1. The molecule has 2 amide bonds. The van der Waals surface area contributed by atoms with Gasteiger partial charge in [0, 0.05) is 10.4 Å². The Morgan fingerprint density at radius 2 is 1.92 bits per heavy atom. The van der Waals surface area contributed by atoms with Crippen molar-refractivity contribution < 1.29 is 23.9 Å². The molecule has 2 heterocycles. The predicted octanol–water partition coefficient (Wildman–Crippen LogP) is 5.04. The average Bonchev–Trinajstić information content (AvgIpc) is 3.39. The summed E-state index contributed by atoms with van der Waals surface area (Å²) in [7, 11) is 1.53. The lowest BCUT2D eigenvalue weighted by atomic mass is 10.1. The van der Waals surface area contributed by atoms with Crippen molar-refractivity contribution in [1.82, 2.24) is 10.2 Å². The Bertz CT molecular complexity index is 1260. The fourth-order valence-corrected chi connectivity index (χ4v) is 6.63. The second-order valence-electron chi connectivity index (χ2n) is 7.89. The van der Waals surface area contributed by atoms with Crippen molar-refractivity contribution in [3.63, 3.8) is 0 Å². The molecule has 0 saturated carbocycles. The smallest absolute Gasteiger partial charge is 0.341 e. The average molecular weight is 547 g/mol. The van der Waals surface area contributed by atoms with Crippen LogP contribution in [0, 0.1) is 0 Å². The first-order chi connectivity index (χ1) is 17.5. The van der Waals surface area contributed by atoms with Crippen LogP contribution in [0.1, 0.15) is 57.3 Å². The molecular formula is C24H26N4O5S3. The molecule has 4 rings (SSSR count). The summed E-state index contributed by atoms with van der Waals surface area (Å²) in [5, 5.41) is 14.5. The van der Waals surface area contributed by atoms with Crippen molar-refractivity contribution in [3.05, 3.63) is 45.8 Å². The summed E-state index contributed by atoms with van der Waals surface area (Å²) in [6, 6.07) is 6.79. The van der Waals surface area contributed by atoms with Gasteiger partial charge in [0.25, 0.3) is 5.91 Å². The van der Waals surface area contributed by atoms with Crippen LogP contribution < -0.4 is 15.4 Å². The first-order valence-electron chi connectivity index (χ1n) is 11.5.